The van der Waals surface area contributed by atoms with Crippen LogP contribution in [-0.2, 0) is 9.84 Å². The van der Waals surface area contributed by atoms with E-state index in [-0.39, 0.29) is 0 Å². The maximum absolute atomic E-state index is 10.9. The molecule has 14 heavy (non-hydrogen) atoms. The molecular formula is C9H19NO2S2. The average Bonchev–Trinajstić information content (AvgIpc) is 2.30. The van der Waals surface area contributed by atoms with Crippen LogP contribution >= 0.6 is 11.8 Å². The second-order valence-electron chi connectivity index (χ2n) is 3.82. The first-order valence-corrected chi connectivity index (χ1v) is 8.19. The highest BCUT2D eigenvalue weighted by molar-refractivity contribution is 8.01. The Balaban J connectivity index is 2.16. The van der Waals surface area contributed by atoms with Gasteiger partial charge in [-0.3, -0.25) is 0 Å². The van der Waals surface area contributed by atoms with Gasteiger partial charge < -0.3 is 5.32 Å². The van der Waals surface area contributed by atoms with Crippen LogP contribution in [0.25, 0.3) is 0 Å². The number of thioether (sulfide) groups is 1. The largest absolute Gasteiger partial charge is 0.316 e. The predicted octanol–water partition coefficient (Wildman–Crippen LogP) is 0.906. The molecule has 3 nitrogen and oxygen atoms in total. The van der Waals surface area contributed by atoms with Gasteiger partial charge in [0.1, 0.15) is 9.84 Å². The summed E-state index contributed by atoms with van der Waals surface area (Å²) in [5.41, 5.74) is 0. The normalized spacial score (nSPS) is 24.5. The van der Waals surface area contributed by atoms with Crippen molar-refractivity contribution in [1.82, 2.24) is 5.32 Å². The molecule has 0 amide bonds. The molecule has 1 N–H and O–H groups in total. The van der Waals surface area contributed by atoms with Crippen LogP contribution < -0.4 is 5.32 Å². The van der Waals surface area contributed by atoms with E-state index in [1.807, 2.05) is 0 Å². The van der Waals surface area contributed by atoms with Crippen LogP contribution in [0.5, 0.6) is 0 Å². The van der Waals surface area contributed by atoms with Crippen LogP contribution in [0, 0.1) is 0 Å². The summed E-state index contributed by atoms with van der Waals surface area (Å²) in [6.07, 6.45) is 5.05. The number of sulfone groups is 1. The van der Waals surface area contributed by atoms with Crippen molar-refractivity contribution in [2.24, 2.45) is 0 Å². The molecule has 0 aliphatic carbocycles. The van der Waals surface area contributed by atoms with E-state index in [0.29, 0.717) is 11.0 Å². The predicted molar refractivity (Wildman–Crippen MR) is 62.7 cm³/mol. The van der Waals surface area contributed by atoms with E-state index in [9.17, 15) is 8.42 Å². The summed E-state index contributed by atoms with van der Waals surface area (Å²) < 4.78 is 21.8. The molecule has 1 aliphatic heterocycles. The first kappa shape index (κ1) is 12.3. The lowest BCUT2D eigenvalue weighted by Gasteiger charge is -2.12. The highest BCUT2D eigenvalue weighted by Crippen LogP contribution is 2.18. The van der Waals surface area contributed by atoms with Crippen molar-refractivity contribution in [2.75, 3.05) is 30.9 Å². The van der Waals surface area contributed by atoms with Crippen LogP contribution in [0.2, 0.25) is 0 Å². The number of nitrogens with one attached hydrogen (secondary N) is 1. The molecular weight excluding hydrogens is 218 g/mol. The third-order valence-corrected chi connectivity index (χ3v) is 4.83. The Bertz CT molecular complexity index is 244. The zero-order valence-electron chi connectivity index (χ0n) is 8.66. The minimum absolute atomic E-state index is 0.314. The van der Waals surface area contributed by atoms with E-state index in [1.165, 1.54) is 25.5 Å². The molecule has 1 fully saturated rings. The smallest absolute Gasteiger partial charge is 0.148 e. The van der Waals surface area contributed by atoms with Crippen molar-refractivity contribution < 1.29 is 8.42 Å². The molecule has 0 bridgehead atoms. The van der Waals surface area contributed by atoms with Crippen molar-refractivity contribution in [1.29, 1.82) is 0 Å². The quantitative estimate of drug-likeness (QED) is 0.789. The summed E-state index contributed by atoms with van der Waals surface area (Å²) in [7, 11) is -2.78. The fraction of sp³-hybridized carbons (Fsp3) is 1.00. The minimum Gasteiger partial charge on any atom is -0.316 e. The third-order valence-electron chi connectivity index (χ3n) is 2.31. The van der Waals surface area contributed by atoms with E-state index in [4.69, 9.17) is 0 Å². The van der Waals surface area contributed by atoms with Gasteiger partial charge in [0.2, 0.25) is 0 Å². The van der Waals surface area contributed by atoms with Gasteiger partial charge in [0.25, 0.3) is 0 Å². The van der Waals surface area contributed by atoms with Gasteiger partial charge in [-0.15, -0.1) is 0 Å². The molecule has 1 saturated heterocycles. The van der Waals surface area contributed by atoms with Crippen LogP contribution in [0.4, 0.5) is 0 Å². The van der Waals surface area contributed by atoms with Gasteiger partial charge in [0, 0.05) is 23.8 Å². The van der Waals surface area contributed by atoms with E-state index >= 15 is 0 Å². The zero-order chi connectivity index (χ0) is 10.4. The molecule has 5 heteroatoms. The second-order valence-corrected chi connectivity index (χ2v) is 7.49. The van der Waals surface area contributed by atoms with Gasteiger partial charge in [0.05, 0.1) is 5.75 Å². The molecule has 1 unspecified atom stereocenters. The van der Waals surface area contributed by atoms with Gasteiger partial charge >= 0.3 is 0 Å². The Morgan fingerprint density at radius 2 is 2.21 bits per heavy atom. The lowest BCUT2D eigenvalue weighted by molar-refractivity contribution is 0.603. The van der Waals surface area contributed by atoms with Crippen LogP contribution in [0.1, 0.15) is 19.3 Å². The first-order valence-electron chi connectivity index (χ1n) is 5.08. The van der Waals surface area contributed by atoms with Crippen molar-refractivity contribution in [2.45, 2.75) is 24.5 Å². The summed E-state index contributed by atoms with van der Waals surface area (Å²) >= 11 is 1.80. The highest BCUT2D eigenvalue weighted by atomic mass is 32.2. The molecule has 0 aromatic heterocycles. The average molecular weight is 237 g/mol. The van der Waals surface area contributed by atoms with Gasteiger partial charge in [-0.25, -0.2) is 8.42 Å². The number of rotatable bonds is 4. The van der Waals surface area contributed by atoms with Crippen molar-refractivity contribution in [3.05, 3.63) is 0 Å². The second kappa shape index (κ2) is 5.98. The fourth-order valence-electron chi connectivity index (χ4n) is 1.50. The summed E-state index contributed by atoms with van der Waals surface area (Å²) in [5.74, 6) is 1.05. The molecule has 0 saturated carbocycles. The van der Waals surface area contributed by atoms with Crippen molar-refractivity contribution in [3.8, 4) is 0 Å². The monoisotopic (exact) mass is 237 g/mol. The summed E-state index contributed by atoms with van der Waals surface area (Å²) in [5, 5.41) is 3.99. The van der Waals surface area contributed by atoms with Crippen LogP contribution in [-0.4, -0.2) is 44.5 Å². The Morgan fingerprint density at radius 1 is 1.43 bits per heavy atom. The fourth-order valence-corrected chi connectivity index (χ4v) is 3.99. The molecule has 1 heterocycles. The molecule has 0 aromatic carbocycles. The maximum atomic E-state index is 10.9. The lowest BCUT2D eigenvalue weighted by Crippen LogP contribution is -2.23. The summed E-state index contributed by atoms with van der Waals surface area (Å²) in [6, 6.07) is 0. The Labute approximate surface area is 91.0 Å². The number of hydrogen-bond acceptors (Lipinski definition) is 4. The lowest BCUT2D eigenvalue weighted by atomic mass is 10.2. The number of hydrogen-bond donors (Lipinski definition) is 1. The van der Waals surface area contributed by atoms with Crippen LogP contribution in [0.3, 0.4) is 0 Å². The molecule has 0 aromatic rings. The topological polar surface area (TPSA) is 46.2 Å². The van der Waals surface area contributed by atoms with Crippen LogP contribution in [0.15, 0.2) is 0 Å². The zero-order valence-corrected chi connectivity index (χ0v) is 10.3. The Morgan fingerprint density at radius 3 is 2.93 bits per heavy atom. The van der Waals surface area contributed by atoms with Gasteiger partial charge in [-0.2, -0.15) is 11.8 Å². The van der Waals surface area contributed by atoms with E-state index in [1.54, 1.807) is 11.8 Å². The van der Waals surface area contributed by atoms with Gasteiger partial charge in [0.15, 0.2) is 0 Å². The molecule has 0 radical (unpaired) electrons. The van der Waals surface area contributed by atoms with E-state index < -0.39 is 9.84 Å². The van der Waals surface area contributed by atoms with Gasteiger partial charge in [-0.1, -0.05) is 6.42 Å². The summed E-state index contributed by atoms with van der Waals surface area (Å²) in [6.45, 7) is 2.15. The van der Waals surface area contributed by atoms with E-state index in [2.05, 4.69) is 5.32 Å². The molecule has 1 aliphatic rings. The Kier molecular flexibility index (Phi) is 5.26. The Hall–Kier alpha value is 0.260. The van der Waals surface area contributed by atoms with Gasteiger partial charge in [-0.05, 0) is 19.4 Å². The summed E-state index contributed by atoms with van der Waals surface area (Å²) in [4.78, 5) is 0. The molecule has 84 valence electrons. The standard InChI is InChI=1S/C9H19NO2S2/c1-14(11,12)7-6-13-9-4-2-3-5-10-8-9/h9-10H,2-8H2,1H3. The SMILES string of the molecule is CS(=O)(=O)CCSC1CCCCNC1. The highest BCUT2D eigenvalue weighted by Gasteiger charge is 2.12. The molecule has 1 atom stereocenters. The first-order chi connectivity index (χ1) is 6.58. The minimum atomic E-state index is -2.78. The molecule has 0 spiro atoms. The van der Waals surface area contributed by atoms with Crippen molar-refractivity contribution in [3.63, 3.8) is 0 Å². The van der Waals surface area contributed by atoms with E-state index in [0.717, 1.165) is 18.8 Å². The van der Waals surface area contributed by atoms with Crippen molar-refractivity contribution >= 4 is 21.6 Å². The third kappa shape index (κ3) is 5.88. The molecule has 1 rings (SSSR count). The maximum Gasteiger partial charge on any atom is 0.148 e.